The van der Waals surface area contributed by atoms with Gasteiger partial charge in [0, 0.05) is 30.0 Å². The molecule has 1 heterocycles. The van der Waals surface area contributed by atoms with E-state index in [1.807, 2.05) is 0 Å². The summed E-state index contributed by atoms with van der Waals surface area (Å²) in [4.78, 5) is 22.4. The first-order valence-corrected chi connectivity index (χ1v) is 6.16. The Balaban J connectivity index is 2.13. The zero-order valence-corrected chi connectivity index (χ0v) is 10.5. The number of hydrogen-bond acceptors (Lipinski definition) is 4. The largest absolute Gasteiger partial charge is 0.382 e. The van der Waals surface area contributed by atoms with Crippen molar-refractivity contribution in [3.05, 3.63) is 29.3 Å². The fourth-order valence-electron chi connectivity index (χ4n) is 2.05. The molecule has 0 spiro atoms. The van der Waals surface area contributed by atoms with Crippen LogP contribution in [0.15, 0.2) is 18.2 Å². The summed E-state index contributed by atoms with van der Waals surface area (Å²) in [6.45, 7) is 1.40. The molecule has 0 saturated carbocycles. The van der Waals surface area contributed by atoms with Crippen molar-refractivity contribution in [2.75, 3.05) is 18.5 Å². The molecule has 0 aromatic heterocycles. The molecule has 0 aliphatic carbocycles. The summed E-state index contributed by atoms with van der Waals surface area (Å²) in [7, 11) is 0. The average Bonchev–Trinajstić information content (AvgIpc) is 2.89. The Labute approximate surface area is 111 Å². The Morgan fingerprint density at radius 2 is 1.84 bits per heavy atom. The second kappa shape index (κ2) is 5.71. The van der Waals surface area contributed by atoms with E-state index in [2.05, 4.69) is 5.32 Å². The quantitative estimate of drug-likeness (QED) is 0.717. The van der Waals surface area contributed by atoms with E-state index in [9.17, 15) is 9.59 Å². The summed E-state index contributed by atoms with van der Waals surface area (Å²) in [5.74, 6) is -1.19. The van der Waals surface area contributed by atoms with E-state index in [-0.39, 0.29) is 17.2 Å². The number of ether oxygens (including phenoxy) is 1. The third-order valence-electron chi connectivity index (χ3n) is 3.06. The van der Waals surface area contributed by atoms with E-state index in [0.717, 1.165) is 19.4 Å². The van der Waals surface area contributed by atoms with Crippen molar-refractivity contribution in [2.45, 2.75) is 18.9 Å². The lowest BCUT2D eigenvalue weighted by atomic mass is 10.1. The molecule has 5 N–H and O–H groups in total. The maximum absolute atomic E-state index is 11.2. The van der Waals surface area contributed by atoms with Gasteiger partial charge in [-0.3, -0.25) is 9.59 Å². The maximum atomic E-state index is 11.2. The first-order valence-electron chi connectivity index (χ1n) is 6.16. The highest BCUT2D eigenvalue weighted by atomic mass is 16.5. The Morgan fingerprint density at radius 3 is 2.32 bits per heavy atom. The molecule has 2 rings (SSSR count). The van der Waals surface area contributed by atoms with Crippen LogP contribution in [0.3, 0.4) is 0 Å². The summed E-state index contributed by atoms with van der Waals surface area (Å²) in [5.41, 5.74) is 11.6. The van der Waals surface area contributed by atoms with Gasteiger partial charge < -0.3 is 21.5 Å². The topological polar surface area (TPSA) is 107 Å². The van der Waals surface area contributed by atoms with Crippen LogP contribution in [-0.2, 0) is 4.74 Å². The second-order valence-corrected chi connectivity index (χ2v) is 4.54. The van der Waals surface area contributed by atoms with E-state index in [0.29, 0.717) is 12.2 Å². The van der Waals surface area contributed by atoms with Crippen LogP contribution >= 0.6 is 0 Å². The molecule has 6 nitrogen and oxygen atoms in total. The minimum absolute atomic E-state index is 0.161. The zero-order chi connectivity index (χ0) is 13.8. The van der Waals surface area contributed by atoms with Crippen molar-refractivity contribution in [3.8, 4) is 0 Å². The third-order valence-corrected chi connectivity index (χ3v) is 3.06. The van der Waals surface area contributed by atoms with Crippen LogP contribution in [-0.4, -0.2) is 31.1 Å². The van der Waals surface area contributed by atoms with Crippen LogP contribution in [0, 0.1) is 0 Å². The van der Waals surface area contributed by atoms with E-state index in [1.54, 1.807) is 12.1 Å². The predicted octanol–water partition coefficient (Wildman–Crippen LogP) is 0.475. The standard InChI is InChI=1S/C13H17N3O3/c14-12(17)8-4-9(13(15)18)6-10(5-8)16-7-11-2-1-3-19-11/h4-6,11,16H,1-3,7H2,(H2,14,17)(H2,15,18). The molecule has 1 aliphatic heterocycles. The minimum Gasteiger partial charge on any atom is -0.382 e. The summed E-state index contributed by atoms with van der Waals surface area (Å²) in [6.07, 6.45) is 2.22. The second-order valence-electron chi connectivity index (χ2n) is 4.54. The van der Waals surface area contributed by atoms with Gasteiger partial charge in [-0.1, -0.05) is 0 Å². The van der Waals surface area contributed by atoms with Gasteiger partial charge in [-0.25, -0.2) is 0 Å². The normalized spacial score (nSPS) is 18.2. The van der Waals surface area contributed by atoms with Crippen molar-refractivity contribution >= 4 is 17.5 Å². The van der Waals surface area contributed by atoms with Gasteiger partial charge in [-0.15, -0.1) is 0 Å². The monoisotopic (exact) mass is 263 g/mol. The third kappa shape index (κ3) is 3.45. The van der Waals surface area contributed by atoms with Crippen molar-refractivity contribution in [1.29, 1.82) is 0 Å². The molecule has 2 amide bonds. The fraction of sp³-hybridized carbons (Fsp3) is 0.385. The van der Waals surface area contributed by atoms with Gasteiger partial charge in [0.05, 0.1) is 6.10 Å². The van der Waals surface area contributed by atoms with Gasteiger partial charge in [0.2, 0.25) is 11.8 Å². The number of carbonyl (C=O) groups is 2. The van der Waals surface area contributed by atoms with Gasteiger partial charge in [-0.2, -0.15) is 0 Å². The SMILES string of the molecule is NC(=O)c1cc(NCC2CCCO2)cc(C(N)=O)c1. The summed E-state index contributed by atoms with van der Waals surface area (Å²) < 4.78 is 5.48. The molecule has 1 fully saturated rings. The molecule has 1 saturated heterocycles. The lowest BCUT2D eigenvalue weighted by Crippen LogP contribution is -2.20. The number of nitrogens with two attached hydrogens (primary N) is 2. The Morgan fingerprint density at radius 1 is 1.21 bits per heavy atom. The van der Waals surface area contributed by atoms with Crippen molar-refractivity contribution in [2.24, 2.45) is 11.5 Å². The Hall–Kier alpha value is -2.08. The van der Waals surface area contributed by atoms with Crippen molar-refractivity contribution < 1.29 is 14.3 Å². The minimum atomic E-state index is -0.594. The van der Waals surface area contributed by atoms with Gasteiger partial charge in [0.15, 0.2) is 0 Å². The van der Waals surface area contributed by atoms with E-state index in [4.69, 9.17) is 16.2 Å². The van der Waals surface area contributed by atoms with Crippen molar-refractivity contribution in [1.82, 2.24) is 0 Å². The Bertz CT molecular complexity index is 464. The van der Waals surface area contributed by atoms with Crippen LogP contribution in [0.4, 0.5) is 5.69 Å². The van der Waals surface area contributed by atoms with E-state index in [1.165, 1.54) is 6.07 Å². The number of amides is 2. The summed E-state index contributed by atoms with van der Waals surface area (Å²) in [6, 6.07) is 4.59. The van der Waals surface area contributed by atoms with Gasteiger partial charge in [0.25, 0.3) is 0 Å². The Kier molecular flexibility index (Phi) is 4.01. The molecule has 0 radical (unpaired) electrons. The molecule has 19 heavy (non-hydrogen) atoms. The smallest absolute Gasteiger partial charge is 0.248 e. The zero-order valence-electron chi connectivity index (χ0n) is 10.5. The number of hydrogen-bond donors (Lipinski definition) is 3. The molecular formula is C13H17N3O3. The van der Waals surface area contributed by atoms with Crippen LogP contribution in [0.2, 0.25) is 0 Å². The summed E-state index contributed by atoms with van der Waals surface area (Å²) in [5, 5.41) is 3.14. The van der Waals surface area contributed by atoms with E-state index >= 15 is 0 Å². The van der Waals surface area contributed by atoms with Crippen LogP contribution < -0.4 is 16.8 Å². The number of benzene rings is 1. The van der Waals surface area contributed by atoms with Crippen LogP contribution in [0.1, 0.15) is 33.6 Å². The number of primary amides is 2. The molecule has 102 valence electrons. The highest BCUT2D eigenvalue weighted by Crippen LogP contribution is 2.17. The molecular weight excluding hydrogens is 246 g/mol. The maximum Gasteiger partial charge on any atom is 0.248 e. The number of rotatable bonds is 5. The van der Waals surface area contributed by atoms with Gasteiger partial charge in [0.1, 0.15) is 0 Å². The van der Waals surface area contributed by atoms with Gasteiger partial charge in [-0.05, 0) is 31.0 Å². The van der Waals surface area contributed by atoms with Gasteiger partial charge >= 0.3 is 0 Å². The number of anilines is 1. The average molecular weight is 263 g/mol. The highest BCUT2D eigenvalue weighted by Gasteiger charge is 2.15. The molecule has 1 atom stereocenters. The first kappa shape index (κ1) is 13.4. The first-order chi connectivity index (χ1) is 9.06. The van der Waals surface area contributed by atoms with E-state index < -0.39 is 11.8 Å². The van der Waals surface area contributed by atoms with Crippen LogP contribution in [0.5, 0.6) is 0 Å². The number of nitrogens with one attached hydrogen (secondary N) is 1. The fourth-order valence-corrected chi connectivity index (χ4v) is 2.05. The van der Waals surface area contributed by atoms with Crippen molar-refractivity contribution in [3.63, 3.8) is 0 Å². The van der Waals surface area contributed by atoms with Crippen LogP contribution in [0.25, 0.3) is 0 Å². The molecule has 1 aromatic rings. The molecule has 6 heteroatoms. The lowest BCUT2D eigenvalue weighted by molar-refractivity contribution is 0.0999. The lowest BCUT2D eigenvalue weighted by Gasteiger charge is -2.13. The molecule has 1 unspecified atom stereocenters. The summed E-state index contributed by atoms with van der Waals surface area (Å²) >= 11 is 0. The molecule has 1 aromatic carbocycles. The highest BCUT2D eigenvalue weighted by molar-refractivity contribution is 5.99. The molecule has 1 aliphatic rings. The number of carbonyl (C=O) groups excluding carboxylic acids is 2. The predicted molar refractivity (Wildman–Crippen MR) is 70.9 cm³/mol. The molecule has 0 bridgehead atoms.